The Kier molecular flexibility index (Phi) is 3.03. The molecule has 80 valence electrons. The van der Waals surface area contributed by atoms with Crippen LogP contribution in [0.15, 0.2) is 24.9 Å². The molecular weight excluding hydrogens is 213 g/mol. The van der Waals surface area contributed by atoms with Crippen molar-refractivity contribution in [2.24, 2.45) is 0 Å². The van der Waals surface area contributed by atoms with Crippen LogP contribution in [0, 0.1) is 0 Å². The number of carbonyl (C=O) groups excluding carboxylic acids is 1. The van der Waals surface area contributed by atoms with Crippen molar-refractivity contribution in [1.82, 2.24) is 9.97 Å². The molecule has 0 unspecified atom stereocenters. The lowest BCUT2D eigenvalue weighted by atomic mass is 10.1. The first-order valence-corrected chi connectivity index (χ1v) is 3.69. The average Bonchev–Trinajstić information content (AvgIpc) is 2.19. The lowest BCUT2D eigenvalue weighted by molar-refractivity contribution is -0.164. The number of rotatable bonds is 2. The van der Waals surface area contributed by atoms with Crippen molar-refractivity contribution < 1.29 is 23.1 Å². The van der Waals surface area contributed by atoms with E-state index in [-0.39, 0.29) is 12.0 Å². The second kappa shape index (κ2) is 4.07. The molecule has 0 aromatic carbocycles. The number of aliphatic hydroxyl groups is 1. The van der Waals surface area contributed by atoms with Crippen LogP contribution in [0.5, 0.6) is 0 Å². The number of aliphatic hydroxyl groups excluding tert-OH is 1. The number of nitrogens with zero attached hydrogens (tertiary/aromatic N) is 2. The van der Waals surface area contributed by atoms with Crippen molar-refractivity contribution in [3.8, 4) is 0 Å². The van der Waals surface area contributed by atoms with Crippen LogP contribution >= 0.6 is 0 Å². The van der Waals surface area contributed by atoms with Crippen LogP contribution in [0.1, 0.15) is 5.69 Å². The Balaban J connectivity index is 3.08. The molecule has 0 saturated heterocycles. The molecule has 1 heterocycles. The highest BCUT2D eigenvalue weighted by Crippen LogP contribution is 2.24. The zero-order chi connectivity index (χ0) is 11.5. The van der Waals surface area contributed by atoms with Crippen LogP contribution in [0.3, 0.4) is 0 Å². The molecule has 7 heteroatoms. The third kappa shape index (κ3) is 2.52. The summed E-state index contributed by atoms with van der Waals surface area (Å²) >= 11 is 0. The van der Waals surface area contributed by atoms with Gasteiger partial charge in [-0.1, -0.05) is 0 Å². The van der Waals surface area contributed by atoms with Crippen molar-refractivity contribution in [3.05, 3.63) is 30.5 Å². The van der Waals surface area contributed by atoms with Gasteiger partial charge in [0, 0.05) is 12.4 Å². The number of hydrogen-bond donors (Lipinski definition) is 1. The highest BCUT2D eigenvalue weighted by atomic mass is 19.4. The number of alkyl halides is 3. The van der Waals surface area contributed by atoms with E-state index in [1.165, 1.54) is 6.20 Å². The van der Waals surface area contributed by atoms with Gasteiger partial charge in [0.2, 0.25) is 0 Å². The van der Waals surface area contributed by atoms with Crippen LogP contribution in [0.25, 0.3) is 5.57 Å². The summed E-state index contributed by atoms with van der Waals surface area (Å²) in [6.07, 6.45) is -1.68. The van der Waals surface area contributed by atoms with E-state index in [1.807, 2.05) is 0 Å². The fourth-order valence-corrected chi connectivity index (χ4v) is 0.832. The van der Waals surface area contributed by atoms with Gasteiger partial charge in [0.15, 0.2) is 0 Å². The fraction of sp³-hybridized carbons (Fsp3) is 0.125. The van der Waals surface area contributed by atoms with Crippen molar-refractivity contribution >= 4 is 11.4 Å². The lowest BCUT2D eigenvalue weighted by Crippen LogP contribution is -2.24. The van der Waals surface area contributed by atoms with E-state index < -0.39 is 17.5 Å². The third-order valence-electron chi connectivity index (χ3n) is 1.47. The van der Waals surface area contributed by atoms with E-state index in [4.69, 9.17) is 5.11 Å². The molecule has 0 fully saturated rings. The molecular formula is C8H5F3N2O2. The van der Waals surface area contributed by atoms with Crippen molar-refractivity contribution in [2.75, 3.05) is 0 Å². The van der Waals surface area contributed by atoms with E-state index in [9.17, 15) is 18.0 Å². The molecule has 0 spiro atoms. The summed E-state index contributed by atoms with van der Waals surface area (Å²) in [5.41, 5.74) is -1.27. The molecule has 4 nitrogen and oxygen atoms in total. The Morgan fingerprint density at radius 3 is 2.47 bits per heavy atom. The van der Waals surface area contributed by atoms with Crippen LogP contribution in [0.2, 0.25) is 0 Å². The van der Waals surface area contributed by atoms with Crippen molar-refractivity contribution in [1.29, 1.82) is 0 Å². The van der Waals surface area contributed by atoms with E-state index in [2.05, 4.69) is 9.97 Å². The van der Waals surface area contributed by atoms with Gasteiger partial charge in [-0.15, -0.1) is 0 Å². The minimum atomic E-state index is -5.05. The molecule has 0 bridgehead atoms. The van der Waals surface area contributed by atoms with Gasteiger partial charge in [-0.3, -0.25) is 14.8 Å². The standard InChI is InChI=1S/C8H5F3N2O2/c9-8(10,11)7(15)5(4-14)6-3-12-1-2-13-6/h1-4,14H. The molecule has 1 aromatic heterocycles. The lowest BCUT2D eigenvalue weighted by Gasteiger charge is -2.06. The van der Waals surface area contributed by atoms with E-state index in [1.54, 1.807) is 0 Å². The summed E-state index contributed by atoms with van der Waals surface area (Å²) < 4.78 is 36.1. The molecule has 0 aliphatic heterocycles. The predicted molar refractivity (Wildman–Crippen MR) is 43.7 cm³/mol. The number of ketones is 1. The second-order valence-electron chi connectivity index (χ2n) is 2.46. The first-order valence-electron chi connectivity index (χ1n) is 3.69. The Hall–Kier alpha value is -1.92. The fourth-order valence-electron chi connectivity index (χ4n) is 0.832. The number of aromatic nitrogens is 2. The number of hydrogen-bond acceptors (Lipinski definition) is 4. The van der Waals surface area contributed by atoms with Crippen LogP contribution in [-0.4, -0.2) is 27.0 Å². The van der Waals surface area contributed by atoms with Gasteiger partial charge in [0.1, 0.15) is 0 Å². The Morgan fingerprint density at radius 2 is 2.07 bits per heavy atom. The molecule has 0 aliphatic rings. The summed E-state index contributed by atoms with van der Waals surface area (Å²) in [7, 11) is 0. The summed E-state index contributed by atoms with van der Waals surface area (Å²) in [6.45, 7) is 0. The first kappa shape index (κ1) is 11.2. The van der Waals surface area contributed by atoms with Crippen molar-refractivity contribution in [2.45, 2.75) is 6.18 Å². The molecule has 1 rings (SSSR count). The first-order chi connectivity index (χ1) is 6.96. The summed E-state index contributed by atoms with van der Waals surface area (Å²) in [5.74, 6) is -2.16. The van der Waals surface area contributed by atoms with Crippen LogP contribution in [0.4, 0.5) is 13.2 Å². The average molecular weight is 218 g/mol. The number of Topliss-reactive ketones (excluding diaryl/α,β-unsaturated/α-hetero) is 1. The van der Waals surface area contributed by atoms with Gasteiger partial charge in [-0.2, -0.15) is 13.2 Å². The molecule has 0 atom stereocenters. The van der Waals surface area contributed by atoms with Gasteiger partial charge >= 0.3 is 6.18 Å². The predicted octanol–water partition coefficient (Wildman–Crippen LogP) is 1.51. The normalized spacial score (nSPS) is 12.6. The maximum Gasteiger partial charge on any atom is 0.455 e. The maximum absolute atomic E-state index is 12.0. The molecule has 15 heavy (non-hydrogen) atoms. The highest BCUT2D eigenvalue weighted by Gasteiger charge is 2.41. The van der Waals surface area contributed by atoms with Gasteiger partial charge in [-0.05, 0) is 0 Å². The minimum Gasteiger partial charge on any atom is -0.515 e. The van der Waals surface area contributed by atoms with Gasteiger partial charge in [0.25, 0.3) is 5.78 Å². The third-order valence-corrected chi connectivity index (χ3v) is 1.47. The molecule has 0 radical (unpaired) electrons. The Morgan fingerprint density at radius 1 is 1.40 bits per heavy atom. The van der Waals surface area contributed by atoms with E-state index >= 15 is 0 Å². The molecule has 0 amide bonds. The topological polar surface area (TPSA) is 63.1 Å². The van der Waals surface area contributed by atoms with Crippen molar-refractivity contribution in [3.63, 3.8) is 0 Å². The van der Waals surface area contributed by atoms with Gasteiger partial charge in [-0.25, -0.2) is 0 Å². The minimum absolute atomic E-state index is 0.0693. The van der Waals surface area contributed by atoms with E-state index in [0.717, 1.165) is 12.4 Å². The van der Waals surface area contributed by atoms with Crippen LogP contribution in [-0.2, 0) is 4.79 Å². The number of carbonyl (C=O) groups is 1. The zero-order valence-electron chi connectivity index (χ0n) is 7.19. The van der Waals surface area contributed by atoms with Gasteiger partial charge in [0.05, 0.1) is 23.7 Å². The van der Waals surface area contributed by atoms with Gasteiger partial charge < -0.3 is 5.11 Å². The zero-order valence-corrected chi connectivity index (χ0v) is 7.19. The monoisotopic (exact) mass is 218 g/mol. The van der Waals surface area contributed by atoms with E-state index in [0.29, 0.717) is 0 Å². The molecule has 1 N–H and O–H groups in total. The maximum atomic E-state index is 12.0. The summed E-state index contributed by atoms with van der Waals surface area (Å²) in [4.78, 5) is 17.7. The Bertz CT molecular complexity index is 387. The second-order valence-corrected chi connectivity index (χ2v) is 2.46. The number of allylic oxidation sites excluding steroid dienone is 1. The SMILES string of the molecule is O=C(C(=CO)c1cnccn1)C(F)(F)F. The Labute approximate surface area is 82.1 Å². The molecule has 0 aliphatic carbocycles. The molecule has 1 aromatic rings. The van der Waals surface area contributed by atoms with Crippen LogP contribution < -0.4 is 0 Å². The molecule has 0 saturated carbocycles. The highest BCUT2D eigenvalue weighted by molar-refractivity contribution is 6.22. The summed E-state index contributed by atoms with van der Waals surface area (Å²) in [5, 5.41) is 8.56. The largest absolute Gasteiger partial charge is 0.515 e. The quantitative estimate of drug-likeness (QED) is 0.603. The number of halogens is 3. The summed E-state index contributed by atoms with van der Waals surface area (Å²) in [6, 6.07) is 0. The smallest absolute Gasteiger partial charge is 0.455 e.